The fourth-order valence-electron chi connectivity index (χ4n) is 3.28. The zero-order chi connectivity index (χ0) is 18.1. The molecule has 1 aliphatic heterocycles. The number of pyridine rings is 1. The van der Waals surface area contributed by atoms with Crippen molar-refractivity contribution in [2.75, 3.05) is 13.1 Å². The van der Waals surface area contributed by atoms with E-state index in [0.717, 1.165) is 17.6 Å². The van der Waals surface area contributed by atoms with Crippen LogP contribution in [0, 0.1) is 0 Å². The number of sulfonamides is 1. The van der Waals surface area contributed by atoms with E-state index in [9.17, 15) is 8.42 Å². The molecule has 26 heavy (non-hydrogen) atoms. The Hall–Kier alpha value is -1.74. The van der Waals surface area contributed by atoms with Gasteiger partial charge in [0.25, 0.3) is 0 Å². The van der Waals surface area contributed by atoms with Crippen LogP contribution in [0.5, 0.6) is 0 Å². The highest BCUT2D eigenvalue weighted by Crippen LogP contribution is 2.32. The second-order valence-corrected chi connectivity index (χ2v) is 9.05. The molecule has 1 saturated heterocycles. The van der Waals surface area contributed by atoms with Crippen molar-refractivity contribution >= 4 is 36.7 Å². The molecule has 1 N–H and O–H groups in total. The first-order chi connectivity index (χ1) is 12.6. The standard InChI is InChI=1S/C18H18BrN3O3S/c19-16-11-20-9-13-3-1-5-17(18(13)16)26(23,24)22-7-6-14(12-22)21-10-15-4-2-8-25-15/h1-5,8-9,11,14,21H,6-7,10,12H2/t14-/m1/s1. The van der Waals surface area contributed by atoms with E-state index in [4.69, 9.17) is 4.42 Å². The third-order valence-electron chi connectivity index (χ3n) is 4.61. The fourth-order valence-corrected chi connectivity index (χ4v) is 5.71. The predicted molar refractivity (Wildman–Crippen MR) is 102 cm³/mol. The van der Waals surface area contributed by atoms with Gasteiger partial charge in [-0.1, -0.05) is 12.1 Å². The number of benzene rings is 1. The Kier molecular flexibility index (Phi) is 4.83. The lowest BCUT2D eigenvalue weighted by Crippen LogP contribution is -2.35. The molecule has 3 aromatic rings. The Morgan fingerprint density at radius 1 is 1.27 bits per heavy atom. The molecule has 4 rings (SSSR count). The number of rotatable bonds is 5. The van der Waals surface area contributed by atoms with Gasteiger partial charge in [0, 0.05) is 46.8 Å². The number of hydrogen-bond donors (Lipinski definition) is 1. The lowest BCUT2D eigenvalue weighted by Gasteiger charge is -2.18. The van der Waals surface area contributed by atoms with E-state index >= 15 is 0 Å². The highest BCUT2D eigenvalue weighted by atomic mass is 79.9. The van der Waals surface area contributed by atoms with E-state index in [1.165, 1.54) is 0 Å². The van der Waals surface area contributed by atoms with Gasteiger partial charge >= 0.3 is 0 Å². The minimum Gasteiger partial charge on any atom is -0.468 e. The smallest absolute Gasteiger partial charge is 0.243 e. The van der Waals surface area contributed by atoms with Crippen molar-refractivity contribution in [3.8, 4) is 0 Å². The van der Waals surface area contributed by atoms with Gasteiger partial charge in [0.05, 0.1) is 17.7 Å². The molecule has 0 radical (unpaired) electrons. The van der Waals surface area contributed by atoms with Gasteiger partial charge in [-0.25, -0.2) is 8.42 Å². The first kappa shape index (κ1) is 17.7. The molecule has 136 valence electrons. The third kappa shape index (κ3) is 3.29. The quantitative estimate of drug-likeness (QED) is 0.665. The summed E-state index contributed by atoms with van der Waals surface area (Å²) in [4.78, 5) is 4.44. The van der Waals surface area contributed by atoms with Crippen LogP contribution in [0.25, 0.3) is 10.8 Å². The number of halogens is 1. The van der Waals surface area contributed by atoms with Gasteiger partial charge in [-0.15, -0.1) is 0 Å². The summed E-state index contributed by atoms with van der Waals surface area (Å²) in [6.45, 7) is 1.54. The second-order valence-electron chi connectivity index (χ2n) is 6.28. The average molecular weight is 436 g/mol. The first-order valence-corrected chi connectivity index (χ1v) is 10.6. The highest BCUT2D eigenvalue weighted by Gasteiger charge is 2.33. The van der Waals surface area contributed by atoms with E-state index in [-0.39, 0.29) is 6.04 Å². The minimum atomic E-state index is -3.58. The van der Waals surface area contributed by atoms with E-state index in [0.29, 0.717) is 34.4 Å². The molecule has 2 aromatic heterocycles. The summed E-state index contributed by atoms with van der Waals surface area (Å²) in [6.07, 6.45) is 5.71. The number of hydrogen-bond acceptors (Lipinski definition) is 5. The van der Waals surface area contributed by atoms with Crippen LogP contribution in [-0.2, 0) is 16.6 Å². The van der Waals surface area contributed by atoms with Crippen LogP contribution in [-0.4, -0.2) is 36.8 Å². The Balaban J connectivity index is 1.56. The SMILES string of the molecule is O=S(=O)(c1cccc2cncc(Br)c12)N1CC[C@@H](NCc2ccco2)C1. The van der Waals surface area contributed by atoms with Crippen molar-refractivity contribution in [3.05, 3.63) is 59.2 Å². The van der Waals surface area contributed by atoms with Gasteiger partial charge in [-0.3, -0.25) is 4.98 Å². The maximum Gasteiger partial charge on any atom is 0.243 e. The Morgan fingerprint density at radius 3 is 2.96 bits per heavy atom. The predicted octanol–water partition coefficient (Wildman–Crippen LogP) is 3.14. The van der Waals surface area contributed by atoms with Crippen LogP contribution in [0.3, 0.4) is 0 Å². The zero-order valence-corrected chi connectivity index (χ0v) is 16.3. The van der Waals surface area contributed by atoms with Gasteiger partial charge in [0.2, 0.25) is 10.0 Å². The van der Waals surface area contributed by atoms with Crippen LogP contribution < -0.4 is 5.32 Å². The molecule has 8 heteroatoms. The molecule has 0 unspecified atom stereocenters. The molecule has 0 amide bonds. The summed E-state index contributed by atoms with van der Waals surface area (Å²) in [6, 6.07) is 9.13. The number of nitrogens with one attached hydrogen (secondary N) is 1. The summed E-state index contributed by atoms with van der Waals surface area (Å²) in [7, 11) is -3.58. The van der Waals surface area contributed by atoms with Crippen LogP contribution in [0.2, 0.25) is 0 Å². The molecule has 0 saturated carbocycles. The molecule has 1 atom stereocenters. The van der Waals surface area contributed by atoms with Crippen molar-refractivity contribution < 1.29 is 12.8 Å². The van der Waals surface area contributed by atoms with Crippen molar-refractivity contribution in [1.29, 1.82) is 0 Å². The maximum atomic E-state index is 13.2. The molecule has 1 aliphatic rings. The summed E-state index contributed by atoms with van der Waals surface area (Å²) in [5.41, 5.74) is 0. The Labute approximate surface area is 160 Å². The van der Waals surface area contributed by atoms with Gasteiger partial charge in [0.1, 0.15) is 5.76 Å². The van der Waals surface area contributed by atoms with E-state index in [1.54, 1.807) is 35.1 Å². The highest BCUT2D eigenvalue weighted by molar-refractivity contribution is 9.10. The molecule has 1 aromatic carbocycles. The monoisotopic (exact) mass is 435 g/mol. The third-order valence-corrected chi connectivity index (χ3v) is 7.12. The molecule has 0 spiro atoms. The van der Waals surface area contributed by atoms with Crippen LogP contribution in [0.15, 0.2) is 62.8 Å². The summed E-state index contributed by atoms with van der Waals surface area (Å²) in [5.74, 6) is 0.844. The lowest BCUT2D eigenvalue weighted by atomic mass is 10.2. The van der Waals surface area contributed by atoms with Crippen LogP contribution >= 0.6 is 15.9 Å². The van der Waals surface area contributed by atoms with Crippen molar-refractivity contribution in [3.63, 3.8) is 0 Å². The van der Waals surface area contributed by atoms with Crippen LogP contribution in [0.4, 0.5) is 0 Å². The number of aromatic nitrogens is 1. The summed E-state index contributed by atoms with van der Waals surface area (Å²) >= 11 is 3.44. The van der Waals surface area contributed by atoms with E-state index in [1.807, 2.05) is 18.2 Å². The first-order valence-electron chi connectivity index (χ1n) is 8.34. The van der Waals surface area contributed by atoms with Gasteiger partial charge in [0.15, 0.2) is 0 Å². The molecule has 6 nitrogen and oxygen atoms in total. The minimum absolute atomic E-state index is 0.106. The number of nitrogens with zero attached hydrogens (tertiary/aromatic N) is 2. The van der Waals surface area contributed by atoms with E-state index < -0.39 is 10.0 Å². The van der Waals surface area contributed by atoms with Crippen molar-refractivity contribution in [2.24, 2.45) is 0 Å². The average Bonchev–Trinajstić information content (AvgIpc) is 3.32. The maximum absolute atomic E-state index is 13.2. The molecule has 1 fully saturated rings. The van der Waals surface area contributed by atoms with Crippen molar-refractivity contribution in [1.82, 2.24) is 14.6 Å². The summed E-state index contributed by atoms with van der Waals surface area (Å²) < 4.78 is 34.0. The lowest BCUT2D eigenvalue weighted by molar-refractivity contribution is 0.433. The van der Waals surface area contributed by atoms with Gasteiger partial charge in [-0.05, 0) is 40.5 Å². The fraction of sp³-hybridized carbons (Fsp3) is 0.278. The Morgan fingerprint density at radius 2 is 2.15 bits per heavy atom. The van der Waals surface area contributed by atoms with Gasteiger partial charge in [-0.2, -0.15) is 4.31 Å². The topological polar surface area (TPSA) is 75.4 Å². The summed E-state index contributed by atoms with van der Waals surface area (Å²) in [5, 5.41) is 4.84. The van der Waals surface area contributed by atoms with Crippen LogP contribution in [0.1, 0.15) is 12.2 Å². The molecular weight excluding hydrogens is 418 g/mol. The Bertz CT molecular complexity index is 1020. The largest absolute Gasteiger partial charge is 0.468 e. The number of fused-ring (bicyclic) bond motifs is 1. The molecule has 0 aliphatic carbocycles. The zero-order valence-electron chi connectivity index (χ0n) is 13.9. The molecular formula is C18H18BrN3O3S. The number of furan rings is 1. The normalized spacial score (nSPS) is 18.6. The van der Waals surface area contributed by atoms with E-state index in [2.05, 4.69) is 26.2 Å². The van der Waals surface area contributed by atoms with Crippen molar-refractivity contribution in [2.45, 2.75) is 23.9 Å². The van der Waals surface area contributed by atoms with Gasteiger partial charge < -0.3 is 9.73 Å². The molecule has 0 bridgehead atoms. The molecule has 3 heterocycles. The second kappa shape index (κ2) is 7.11.